The number of halogens is 1. The quantitative estimate of drug-likeness (QED) is 0.788. The van der Waals surface area contributed by atoms with Gasteiger partial charge >= 0.3 is 0 Å². The fourth-order valence-corrected chi connectivity index (χ4v) is 1.99. The predicted octanol–water partition coefficient (Wildman–Crippen LogP) is 3.62. The summed E-state index contributed by atoms with van der Waals surface area (Å²) in [5.74, 6) is 0.197. The molecule has 14 heavy (non-hydrogen) atoms. The van der Waals surface area contributed by atoms with Gasteiger partial charge in [0.1, 0.15) is 5.78 Å². The van der Waals surface area contributed by atoms with Gasteiger partial charge in [-0.3, -0.25) is 4.79 Å². The number of benzene rings is 1. The summed E-state index contributed by atoms with van der Waals surface area (Å²) >= 11 is 3.42. The molecule has 0 atom stereocenters. The second-order valence-corrected chi connectivity index (χ2v) is 5.06. The van der Waals surface area contributed by atoms with Crippen molar-refractivity contribution in [1.82, 2.24) is 0 Å². The van der Waals surface area contributed by atoms with E-state index in [0.29, 0.717) is 0 Å². The second-order valence-electron chi connectivity index (χ2n) is 4.14. The average Bonchev–Trinajstić information content (AvgIpc) is 2.02. The molecule has 0 aliphatic heterocycles. The SMILES string of the molecule is CC(=O)C(C)(C)c1ccc(Br)cc1C. The topological polar surface area (TPSA) is 17.1 Å². The lowest BCUT2D eigenvalue weighted by molar-refractivity contribution is -0.121. The molecule has 0 saturated carbocycles. The van der Waals surface area contributed by atoms with E-state index in [1.54, 1.807) is 6.92 Å². The number of hydrogen-bond acceptors (Lipinski definition) is 1. The van der Waals surface area contributed by atoms with E-state index in [1.807, 2.05) is 39.0 Å². The minimum absolute atomic E-state index is 0.197. The Labute approximate surface area is 93.7 Å². The smallest absolute Gasteiger partial charge is 0.139 e. The predicted molar refractivity (Wildman–Crippen MR) is 62.6 cm³/mol. The minimum Gasteiger partial charge on any atom is -0.299 e. The van der Waals surface area contributed by atoms with Crippen molar-refractivity contribution in [3.63, 3.8) is 0 Å². The van der Waals surface area contributed by atoms with Crippen LogP contribution in [-0.2, 0) is 10.2 Å². The van der Waals surface area contributed by atoms with Crippen molar-refractivity contribution >= 4 is 21.7 Å². The standard InChI is InChI=1S/C12H15BrO/c1-8-7-10(13)5-6-11(8)12(3,4)9(2)14/h5-7H,1-4H3. The van der Waals surface area contributed by atoms with Crippen LogP contribution >= 0.6 is 15.9 Å². The molecule has 0 aliphatic carbocycles. The molecule has 0 N–H and O–H groups in total. The highest BCUT2D eigenvalue weighted by Crippen LogP contribution is 2.28. The van der Waals surface area contributed by atoms with Gasteiger partial charge < -0.3 is 0 Å². The number of hydrogen-bond donors (Lipinski definition) is 0. The van der Waals surface area contributed by atoms with Crippen LogP contribution < -0.4 is 0 Å². The molecule has 1 rings (SSSR count). The van der Waals surface area contributed by atoms with Crippen LogP contribution in [-0.4, -0.2) is 5.78 Å². The molecule has 2 heteroatoms. The lowest BCUT2D eigenvalue weighted by Gasteiger charge is -2.24. The van der Waals surface area contributed by atoms with Crippen LogP contribution in [0.2, 0.25) is 0 Å². The minimum atomic E-state index is -0.384. The molecule has 1 nitrogen and oxygen atoms in total. The Bertz CT molecular complexity index is 367. The van der Waals surface area contributed by atoms with E-state index >= 15 is 0 Å². The lowest BCUT2D eigenvalue weighted by atomic mass is 9.79. The number of rotatable bonds is 2. The molecule has 1 aromatic rings. The van der Waals surface area contributed by atoms with Crippen molar-refractivity contribution in [2.45, 2.75) is 33.1 Å². The maximum atomic E-state index is 11.5. The van der Waals surface area contributed by atoms with E-state index < -0.39 is 0 Å². The van der Waals surface area contributed by atoms with Crippen LogP contribution in [0.25, 0.3) is 0 Å². The van der Waals surface area contributed by atoms with Crippen LogP contribution in [0.5, 0.6) is 0 Å². The van der Waals surface area contributed by atoms with Crippen molar-refractivity contribution in [2.24, 2.45) is 0 Å². The maximum Gasteiger partial charge on any atom is 0.139 e. The number of aryl methyl sites for hydroxylation is 1. The van der Waals surface area contributed by atoms with Gasteiger partial charge in [0.15, 0.2) is 0 Å². The van der Waals surface area contributed by atoms with Gasteiger partial charge in [-0.15, -0.1) is 0 Å². The summed E-state index contributed by atoms with van der Waals surface area (Å²) in [5, 5.41) is 0. The average molecular weight is 255 g/mol. The molecule has 0 heterocycles. The van der Waals surface area contributed by atoms with E-state index in [9.17, 15) is 4.79 Å². The second kappa shape index (κ2) is 3.85. The monoisotopic (exact) mass is 254 g/mol. The summed E-state index contributed by atoms with van der Waals surface area (Å²) in [7, 11) is 0. The Morgan fingerprint density at radius 3 is 2.36 bits per heavy atom. The summed E-state index contributed by atoms with van der Waals surface area (Å²) < 4.78 is 1.05. The van der Waals surface area contributed by atoms with Crippen LogP contribution in [0.15, 0.2) is 22.7 Å². The molecule has 0 aromatic heterocycles. The molecule has 0 spiro atoms. The Morgan fingerprint density at radius 1 is 1.36 bits per heavy atom. The number of carbonyl (C=O) groups is 1. The van der Waals surface area contributed by atoms with Gasteiger partial charge in [0.05, 0.1) is 0 Å². The number of carbonyl (C=O) groups excluding carboxylic acids is 1. The summed E-state index contributed by atoms with van der Waals surface area (Å²) in [6.07, 6.45) is 0. The highest BCUT2D eigenvalue weighted by atomic mass is 79.9. The third-order valence-corrected chi connectivity index (χ3v) is 3.24. The molecule has 0 bridgehead atoms. The van der Waals surface area contributed by atoms with Crippen LogP contribution in [0.4, 0.5) is 0 Å². The van der Waals surface area contributed by atoms with Crippen molar-refractivity contribution in [3.8, 4) is 0 Å². The maximum absolute atomic E-state index is 11.5. The van der Waals surface area contributed by atoms with E-state index in [-0.39, 0.29) is 11.2 Å². The molecule has 0 amide bonds. The van der Waals surface area contributed by atoms with Crippen molar-refractivity contribution in [1.29, 1.82) is 0 Å². The van der Waals surface area contributed by atoms with Crippen molar-refractivity contribution in [2.75, 3.05) is 0 Å². The molecule has 0 saturated heterocycles. The number of ketones is 1. The molecule has 0 radical (unpaired) electrons. The Kier molecular flexibility index (Phi) is 3.15. The first-order valence-corrected chi connectivity index (χ1v) is 5.42. The van der Waals surface area contributed by atoms with E-state index in [1.165, 1.54) is 0 Å². The first-order chi connectivity index (χ1) is 6.35. The van der Waals surface area contributed by atoms with Crippen LogP contribution in [0, 0.1) is 6.92 Å². The third-order valence-electron chi connectivity index (χ3n) is 2.74. The third kappa shape index (κ3) is 2.06. The van der Waals surface area contributed by atoms with Gasteiger partial charge in [-0.05, 0) is 51.0 Å². The lowest BCUT2D eigenvalue weighted by Crippen LogP contribution is -2.27. The largest absolute Gasteiger partial charge is 0.299 e. The molecular formula is C12H15BrO. The van der Waals surface area contributed by atoms with E-state index in [2.05, 4.69) is 15.9 Å². The van der Waals surface area contributed by atoms with Gasteiger partial charge in [0, 0.05) is 9.89 Å². The highest BCUT2D eigenvalue weighted by molar-refractivity contribution is 9.10. The zero-order valence-electron chi connectivity index (χ0n) is 9.02. The summed E-state index contributed by atoms with van der Waals surface area (Å²) in [6.45, 7) is 7.60. The van der Waals surface area contributed by atoms with Gasteiger partial charge in [0.25, 0.3) is 0 Å². The molecule has 0 aliphatic rings. The summed E-state index contributed by atoms with van der Waals surface area (Å²) in [5.41, 5.74) is 1.87. The van der Waals surface area contributed by atoms with Crippen molar-refractivity contribution < 1.29 is 4.79 Å². The van der Waals surface area contributed by atoms with E-state index in [0.717, 1.165) is 15.6 Å². The summed E-state index contributed by atoms with van der Waals surface area (Å²) in [6, 6.07) is 6.04. The van der Waals surface area contributed by atoms with Crippen molar-refractivity contribution in [3.05, 3.63) is 33.8 Å². The number of Topliss-reactive ketones (excluding diaryl/α,β-unsaturated/α-hetero) is 1. The Balaban J connectivity index is 3.26. The fraction of sp³-hybridized carbons (Fsp3) is 0.417. The molecule has 0 fully saturated rings. The van der Waals surface area contributed by atoms with Gasteiger partial charge in [-0.2, -0.15) is 0 Å². The molecule has 76 valence electrons. The van der Waals surface area contributed by atoms with Gasteiger partial charge in [0.2, 0.25) is 0 Å². The Morgan fingerprint density at radius 2 is 1.93 bits per heavy atom. The van der Waals surface area contributed by atoms with E-state index in [4.69, 9.17) is 0 Å². The molecule has 0 unspecified atom stereocenters. The fourth-order valence-electron chi connectivity index (χ4n) is 1.52. The van der Waals surface area contributed by atoms with Gasteiger partial charge in [-0.25, -0.2) is 0 Å². The molecule has 1 aromatic carbocycles. The normalized spacial score (nSPS) is 11.5. The van der Waals surface area contributed by atoms with Crippen LogP contribution in [0.3, 0.4) is 0 Å². The first kappa shape index (κ1) is 11.4. The highest BCUT2D eigenvalue weighted by Gasteiger charge is 2.27. The molecular weight excluding hydrogens is 240 g/mol. The zero-order chi connectivity index (χ0) is 10.9. The summed E-state index contributed by atoms with van der Waals surface area (Å²) in [4.78, 5) is 11.5. The zero-order valence-corrected chi connectivity index (χ0v) is 10.6. The van der Waals surface area contributed by atoms with Crippen LogP contribution in [0.1, 0.15) is 31.9 Å². The van der Waals surface area contributed by atoms with Gasteiger partial charge in [-0.1, -0.05) is 22.0 Å². The first-order valence-electron chi connectivity index (χ1n) is 4.63. The Hall–Kier alpha value is -0.630.